The second-order valence-electron chi connectivity index (χ2n) is 6.22. The number of nitrogens with one attached hydrogen (secondary N) is 1. The number of halogens is 1. The monoisotopic (exact) mass is 383 g/mol. The minimum absolute atomic E-state index is 0.137. The molecule has 0 bridgehead atoms. The van der Waals surface area contributed by atoms with Crippen molar-refractivity contribution in [3.8, 4) is 5.88 Å². The van der Waals surface area contributed by atoms with Crippen molar-refractivity contribution >= 4 is 44.7 Å². The maximum Gasteiger partial charge on any atom is 0.263 e. The van der Waals surface area contributed by atoms with Crippen LogP contribution in [-0.2, 0) is 9.47 Å². The summed E-state index contributed by atoms with van der Waals surface area (Å²) in [5.41, 5.74) is 7.38. The lowest BCUT2D eigenvalue weighted by Crippen LogP contribution is -2.25. The van der Waals surface area contributed by atoms with Crippen molar-refractivity contribution in [3.05, 3.63) is 15.5 Å². The van der Waals surface area contributed by atoms with Crippen LogP contribution in [0.4, 0.5) is 5.69 Å². The molecule has 9 heteroatoms. The highest BCUT2D eigenvalue weighted by Crippen LogP contribution is 2.41. The van der Waals surface area contributed by atoms with Crippen molar-refractivity contribution in [2.24, 2.45) is 0 Å². The molecule has 1 unspecified atom stereocenters. The summed E-state index contributed by atoms with van der Waals surface area (Å²) in [6.07, 6.45) is 1.90. The zero-order valence-electron chi connectivity index (χ0n) is 13.6. The van der Waals surface area contributed by atoms with Crippen molar-refractivity contribution in [3.63, 3.8) is 0 Å². The summed E-state index contributed by atoms with van der Waals surface area (Å²) in [6, 6.07) is 0.266. The molecular weight excluding hydrogens is 366 g/mol. The van der Waals surface area contributed by atoms with Crippen LogP contribution in [0.2, 0.25) is 5.02 Å². The van der Waals surface area contributed by atoms with Gasteiger partial charge in [-0.3, -0.25) is 4.79 Å². The zero-order chi connectivity index (χ0) is 17.6. The first-order valence-corrected chi connectivity index (χ1v) is 9.25. The molecule has 134 valence electrons. The summed E-state index contributed by atoms with van der Waals surface area (Å²) in [4.78, 5) is 17.9. The van der Waals surface area contributed by atoms with E-state index >= 15 is 0 Å². The predicted octanol–water partition coefficient (Wildman–Crippen LogP) is 2.48. The van der Waals surface area contributed by atoms with Gasteiger partial charge in [0.25, 0.3) is 5.91 Å². The molecule has 1 aliphatic heterocycles. The summed E-state index contributed by atoms with van der Waals surface area (Å²) >= 11 is 7.66. The number of anilines is 1. The van der Waals surface area contributed by atoms with Crippen LogP contribution in [-0.4, -0.2) is 43.0 Å². The van der Waals surface area contributed by atoms with Crippen molar-refractivity contribution < 1.29 is 19.0 Å². The molecule has 0 radical (unpaired) electrons. The Morgan fingerprint density at radius 1 is 1.52 bits per heavy atom. The molecule has 3 N–H and O–H groups in total. The van der Waals surface area contributed by atoms with E-state index in [4.69, 9.17) is 31.5 Å². The third-order valence-electron chi connectivity index (χ3n) is 4.24. The SMILES string of the molecule is Cc1c(Cl)c(OCC2COCO2)nc2sc(C(=O)NC3CC3)c(N)c12. The molecule has 7 nitrogen and oxygen atoms in total. The first kappa shape index (κ1) is 16.8. The third-order valence-corrected chi connectivity index (χ3v) is 5.78. The number of aryl methyl sites for hydroxylation is 1. The van der Waals surface area contributed by atoms with Gasteiger partial charge in [0, 0.05) is 11.4 Å². The molecule has 0 spiro atoms. The second kappa shape index (κ2) is 6.60. The van der Waals surface area contributed by atoms with Crippen LogP contribution in [0.5, 0.6) is 5.88 Å². The summed E-state index contributed by atoms with van der Waals surface area (Å²) in [7, 11) is 0. The molecule has 1 amide bonds. The van der Waals surface area contributed by atoms with Crippen LogP contribution in [0.3, 0.4) is 0 Å². The Morgan fingerprint density at radius 3 is 3.00 bits per heavy atom. The van der Waals surface area contributed by atoms with Gasteiger partial charge in [0.1, 0.15) is 34.2 Å². The molecule has 0 aromatic carbocycles. The molecule has 2 fully saturated rings. The van der Waals surface area contributed by atoms with Gasteiger partial charge in [0.15, 0.2) is 0 Å². The number of aromatic nitrogens is 1. The number of carbonyl (C=O) groups excluding carboxylic acids is 1. The standard InChI is InChI=1S/C16H18ClN3O4S/c1-7-10-12(18)13(14(21)19-8-2-3-8)25-16(10)20-15(11(7)17)23-5-9-4-22-6-24-9/h8-9H,2-6,18H2,1H3,(H,19,21). The zero-order valence-corrected chi connectivity index (χ0v) is 15.2. The first-order valence-electron chi connectivity index (χ1n) is 8.05. The number of nitrogens with two attached hydrogens (primary N) is 1. The van der Waals surface area contributed by atoms with Gasteiger partial charge in [-0.25, -0.2) is 4.98 Å². The van der Waals surface area contributed by atoms with Crippen LogP contribution < -0.4 is 15.8 Å². The number of fused-ring (bicyclic) bond motifs is 1. The van der Waals surface area contributed by atoms with Crippen LogP contribution in [0.25, 0.3) is 10.2 Å². The van der Waals surface area contributed by atoms with Crippen LogP contribution in [0.1, 0.15) is 28.1 Å². The third kappa shape index (κ3) is 3.27. The van der Waals surface area contributed by atoms with Gasteiger partial charge in [-0.2, -0.15) is 0 Å². The van der Waals surface area contributed by atoms with Crippen molar-refractivity contribution in [1.82, 2.24) is 10.3 Å². The highest BCUT2D eigenvalue weighted by Gasteiger charge is 2.28. The Morgan fingerprint density at radius 2 is 2.32 bits per heavy atom. The number of hydrogen-bond donors (Lipinski definition) is 2. The number of nitrogen functional groups attached to an aromatic ring is 1. The normalized spacial score (nSPS) is 20.2. The molecule has 2 aromatic rings. The molecular formula is C16H18ClN3O4S. The first-order chi connectivity index (χ1) is 12.0. The predicted molar refractivity (Wildman–Crippen MR) is 95.5 cm³/mol. The fraction of sp³-hybridized carbons (Fsp3) is 0.500. The lowest BCUT2D eigenvalue weighted by Gasteiger charge is -2.12. The number of pyridine rings is 1. The number of rotatable bonds is 5. The lowest BCUT2D eigenvalue weighted by molar-refractivity contribution is 0.0315. The van der Waals surface area contributed by atoms with Crippen molar-refractivity contribution in [1.29, 1.82) is 0 Å². The van der Waals surface area contributed by atoms with Gasteiger partial charge >= 0.3 is 0 Å². The Balaban J connectivity index is 1.64. The van der Waals surface area contributed by atoms with E-state index in [-0.39, 0.29) is 24.8 Å². The van der Waals surface area contributed by atoms with Gasteiger partial charge in [-0.1, -0.05) is 11.6 Å². The highest BCUT2D eigenvalue weighted by molar-refractivity contribution is 7.21. The van der Waals surface area contributed by atoms with E-state index in [1.807, 2.05) is 6.92 Å². The number of thiophene rings is 1. The minimum atomic E-state index is -0.155. The van der Waals surface area contributed by atoms with E-state index in [0.29, 0.717) is 44.9 Å². The van der Waals surface area contributed by atoms with E-state index in [2.05, 4.69) is 10.3 Å². The Bertz CT molecular complexity index is 831. The molecule has 4 rings (SSSR count). The fourth-order valence-electron chi connectivity index (χ4n) is 2.67. The van der Waals surface area contributed by atoms with Crippen molar-refractivity contribution in [2.45, 2.75) is 31.9 Å². The topological polar surface area (TPSA) is 95.7 Å². The highest BCUT2D eigenvalue weighted by atomic mass is 35.5. The van der Waals surface area contributed by atoms with Crippen LogP contribution in [0.15, 0.2) is 0 Å². The molecule has 2 aromatic heterocycles. The van der Waals surface area contributed by atoms with E-state index in [0.717, 1.165) is 18.4 Å². The second-order valence-corrected chi connectivity index (χ2v) is 7.59. The number of amides is 1. The largest absolute Gasteiger partial charge is 0.474 e. The molecule has 1 saturated carbocycles. The maximum absolute atomic E-state index is 12.4. The molecule has 1 atom stereocenters. The molecule has 25 heavy (non-hydrogen) atoms. The molecule has 1 aliphatic carbocycles. The maximum atomic E-state index is 12.4. The Hall–Kier alpha value is -1.61. The van der Waals surface area contributed by atoms with Gasteiger partial charge in [0.2, 0.25) is 5.88 Å². The van der Waals surface area contributed by atoms with Gasteiger partial charge < -0.3 is 25.3 Å². The average Bonchev–Trinajstić information content (AvgIpc) is 3.12. The summed E-state index contributed by atoms with van der Waals surface area (Å²) in [6.45, 7) is 2.90. The summed E-state index contributed by atoms with van der Waals surface area (Å²) < 4.78 is 16.2. The van der Waals surface area contributed by atoms with E-state index in [1.54, 1.807) is 0 Å². The van der Waals surface area contributed by atoms with E-state index < -0.39 is 0 Å². The number of carbonyl (C=O) groups is 1. The quantitative estimate of drug-likeness (QED) is 0.823. The average molecular weight is 384 g/mol. The summed E-state index contributed by atoms with van der Waals surface area (Å²) in [5.74, 6) is 0.162. The minimum Gasteiger partial charge on any atom is -0.474 e. The Labute approximate surface area is 153 Å². The number of nitrogens with zero attached hydrogens (tertiary/aromatic N) is 1. The number of hydrogen-bond acceptors (Lipinski definition) is 7. The van der Waals surface area contributed by atoms with Gasteiger partial charge in [-0.15, -0.1) is 11.3 Å². The van der Waals surface area contributed by atoms with Crippen molar-refractivity contribution in [2.75, 3.05) is 25.7 Å². The van der Waals surface area contributed by atoms with E-state index in [1.165, 1.54) is 11.3 Å². The van der Waals surface area contributed by atoms with Gasteiger partial charge in [0.05, 0.1) is 12.3 Å². The van der Waals surface area contributed by atoms with Gasteiger partial charge in [-0.05, 0) is 25.3 Å². The van der Waals surface area contributed by atoms with Crippen LogP contribution in [0, 0.1) is 6.92 Å². The smallest absolute Gasteiger partial charge is 0.263 e. The molecule has 1 saturated heterocycles. The van der Waals surface area contributed by atoms with E-state index in [9.17, 15) is 4.79 Å². The number of ether oxygens (including phenoxy) is 3. The molecule has 3 heterocycles. The van der Waals surface area contributed by atoms with Crippen LogP contribution >= 0.6 is 22.9 Å². The Kier molecular flexibility index (Phi) is 4.45. The lowest BCUT2D eigenvalue weighted by atomic mass is 10.1. The summed E-state index contributed by atoms with van der Waals surface area (Å²) in [5, 5.41) is 4.06. The molecule has 2 aliphatic rings. The fourth-order valence-corrected chi connectivity index (χ4v) is 3.91.